The lowest BCUT2D eigenvalue weighted by Crippen LogP contribution is -2.19. The number of ketones is 1. The van der Waals surface area contributed by atoms with Gasteiger partial charge in [-0.15, -0.1) is 0 Å². The van der Waals surface area contributed by atoms with Crippen LogP contribution in [0.3, 0.4) is 0 Å². The zero-order chi connectivity index (χ0) is 18.1. The molecule has 1 amide bonds. The lowest BCUT2D eigenvalue weighted by Gasteiger charge is -2.19. The molecule has 6 heteroatoms. The Labute approximate surface area is 152 Å². The molecule has 1 N–H and O–H groups in total. The van der Waals surface area contributed by atoms with Crippen LogP contribution >= 0.6 is 15.9 Å². The Kier molecular flexibility index (Phi) is 8.82. The summed E-state index contributed by atoms with van der Waals surface area (Å²) in [6.07, 6.45) is 1.65. The Balaban J connectivity index is 2.98. The number of anilines is 1. The Morgan fingerprint density at radius 2 is 1.75 bits per heavy atom. The SMILES string of the molecule is CCC(C)Oc1ccc(OC(C)CC)c(NC(=O)CC(=O)CBr)c1. The van der Waals surface area contributed by atoms with E-state index in [1.54, 1.807) is 12.1 Å². The number of carbonyl (C=O) groups is 2. The number of Topliss-reactive ketones (excluding diaryl/α,β-unsaturated/α-hetero) is 1. The topological polar surface area (TPSA) is 64.6 Å². The maximum Gasteiger partial charge on any atom is 0.231 e. The van der Waals surface area contributed by atoms with Gasteiger partial charge in [0.2, 0.25) is 5.91 Å². The van der Waals surface area contributed by atoms with Crippen LogP contribution in [0, 0.1) is 0 Å². The molecule has 134 valence electrons. The van der Waals surface area contributed by atoms with E-state index in [0.29, 0.717) is 17.2 Å². The predicted octanol–water partition coefficient (Wildman–Crippen LogP) is 4.33. The van der Waals surface area contributed by atoms with Gasteiger partial charge in [0, 0.05) is 6.07 Å². The smallest absolute Gasteiger partial charge is 0.231 e. The minimum absolute atomic E-state index is 0.0196. The minimum atomic E-state index is -0.367. The number of rotatable bonds is 10. The second-order valence-corrected chi connectivity index (χ2v) is 6.29. The van der Waals surface area contributed by atoms with E-state index in [9.17, 15) is 9.59 Å². The molecule has 1 aromatic carbocycles. The fourth-order valence-electron chi connectivity index (χ4n) is 1.82. The number of amides is 1. The number of hydrogen-bond donors (Lipinski definition) is 1. The summed E-state index contributed by atoms with van der Waals surface area (Å²) in [4.78, 5) is 23.4. The first-order valence-electron chi connectivity index (χ1n) is 8.24. The van der Waals surface area contributed by atoms with Crippen molar-refractivity contribution in [2.24, 2.45) is 0 Å². The average molecular weight is 400 g/mol. The zero-order valence-electron chi connectivity index (χ0n) is 14.7. The number of halogens is 1. The van der Waals surface area contributed by atoms with Crippen molar-refractivity contribution < 1.29 is 19.1 Å². The van der Waals surface area contributed by atoms with E-state index in [-0.39, 0.29) is 35.6 Å². The van der Waals surface area contributed by atoms with Gasteiger partial charge in [-0.3, -0.25) is 9.59 Å². The highest BCUT2D eigenvalue weighted by Crippen LogP contribution is 2.31. The summed E-state index contributed by atoms with van der Waals surface area (Å²) in [6.45, 7) is 8.01. The Bertz CT molecular complexity index is 562. The van der Waals surface area contributed by atoms with E-state index in [2.05, 4.69) is 21.2 Å². The van der Waals surface area contributed by atoms with E-state index in [1.807, 2.05) is 33.8 Å². The molecule has 0 fully saturated rings. The summed E-state index contributed by atoms with van der Waals surface area (Å²) in [5.41, 5.74) is 0.517. The largest absolute Gasteiger partial charge is 0.491 e. The summed E-state index contributed by atoms with van der Waals surface area (Å²) in [5.74, 6) is 0.682. The molecule has 0 spiro atoms. The van der Waals surface area contributed by atoms with Crippen LogP contribution < -0.4 is 14.8 Å². The van der Waals surface area contributed by atoms with Gasteiger partial charge in [0.25, 0.3) is 0 Å². The first-order valence-corrected chi connectivity index (χ1v) is 9.36. The molecule has 2 unspecified atom stereocenters. The van der Waals surface area contributed by atoms with E-state index in [1.165, 1.54) is 0 Å². The van der Waals surface area contributed by atoms with Crippen LogP contribution in [0.1, 0.15) is 47.0 Å². The van der Waals surface area contributed by atoms with Crippen molar-refractivity contribution in [2.45, 2.75) is 59.2 Å². The van der Waals surface area contributed by atoms with E-state index in [0.717, 1.165) is 12.8 Å². The van der Waals surface area contributed by atoms with Crippen molar-refractivity contribution in [2.75, 3.05) is 10.6 Å². The molecule has 1 aromatic rings. The van der Waals surface area contributed by atoms with Gasteiger partial charge >= 0.3 is 0 Å². The zero-order valence-corrected chi connectivity index (χ0v) is 16.3. The number of nitrogens with one attached hydrogen (secondary N) is 1. The summed E-state index contributed by atoms with van der Waals surface area (Å²) in [6, 6.07) is 5.34. The normalized spacial score (nSPS) is 13.0. The van der Waals surface area contributed by atoms with Gasteiger partial charge in [0.15, 0.2) is 5.78 Å². The maximum atomic E-state index is 12.0. The van der Waals surface area contributed by atoms with Gasteiger partial charge in [-0.2, -0.15) is 0 Å². The molecule has 0 aliphatic carbocycles. The van der Waals surface area contributed by atoms with Crippen molar-refractivity contribution in [3.8, 4) is 11.5 Å². The number of hydrogen-bond acceptors (Lipinski definition) is 4. The molecular weight excluding hydrogens is 374 g/mol. The van der Waals surface area contributed by atoms with Crippen LogP contribution in [0.2, 0.25) is 0 Å². The highest BCUT2D eigenvalue weighted by molar-refractivity contribution is 9.09. The lowest BCUT2D eigenvalue weighted by atomic mass is 10.2. The second-order valence-electron chi connectivity index (χ2n) is 5.73. The van der Waals surface area contributed by atoms with Crippen molar-refractivity contribution in [1.82, 2.24) is 0 Å². The number of benzene rings is 1. The van der Waals surface area contributed by atoms with E-state index >= 15 is 0 Å². The first kappa shape index (κ1) is 20.5. The highest BCUT2D eigenvalue weighted by atomic mass is 79.9. The van der Waals surface area contributed by atoms with Crippen LogP contribution in [-0.4, -0.2) is 29.2 Å². The summed E-state index contributed by atoms with van der Waals surface area (Å²) in [5, 5.41) is 2.91. The molecule has 0 saturated carbocycles. The van der Waals surface area contributed by atoms with Crippen molar-refractivity contribution >= 4 is 33.3 Å². The van der Waals surface area contributed by atoms with Gasteiger partial charge in [-0.05, 0) is 38.8 Å². The highest BCUT2D eigenvalue weighted by Gasteiger charge is 2.15. The fraction of sp³-hybridized carbons (Fsp3) is 0.556. The number of alkyl halides is 1. The Morgan fingerprint density at radius 3 is 2.33 bits per heavy atom. The van der Waals surface area contributed by atoms with E-state index < -0.39 is 0 Å². The average Bonchev–Trinajstić information content (AvgIpc) is 2.56. The number of ether oxygens (including phenoxy) is 2. The molecule has 0 aliphatic heterocycles. The van der Waals surface area contributed by atoms with Crippen LogP contribution in [0.4, 0.5) is 5.69 Å². The molecule has 0 aromatic heterocycles. The van der Waals surface area contributed by atoms with Crippen LogP contribution in [0.25, 0.3) is 0 Å². The molecule has 5 nitrogen and oxygen atoms in total. The molecule has 0 heterocycles. The lowest BCUT2D eigenvalue weighted by molar-refractivity contribution is -0.123. The van der Waals surface area contributed by atoms with Crippen molar-refractivity contribution in [3.05, 3.63) is 18.2 Å². The molecule has 2 atom stereocenters. The van der Waals surface area contributed by atoms with Gasteiger partial charge in [0.1, 0.15) is 11.5 Å². The molecule has 0 aliphatic rings. The quantitative estimate of drug-likeness (QED) is 0.469. The molecule has 1 rings (SSSR count). The standard InChI is InChI=1S/C18H26BrNO4/c1-5-12(3)23-15-7-8-17(24-13(4)6-2)16(10-15)20-18(22)9-14(21)11-19/h7-8,10,12-13H,5-6,9,11H2,1-4H3,(H,20,22). The Hall–Kier alpha value is -1.56. The minimum Gasteiger partial charge on any atom is -0.491 e. The van der Waals surface area contributed by atoms with Gasteiger partial charge < -0.3 is 14.8 Å². The molecule has 0 radical (unpaired) electrons. The summed E-state index contributed by atoms with van der Waals surface area (Å²) in [7, 11) is 0. The third-order valence-electron chi connectivity index (χ3n) is 3.55. The third-order valence-corrected chi connectivity index (χ3v) is 4.17. The molecular formula is C18H26BrNO4. The van der Waals surface area contributed by atoms with Crippen LogP contribution in [0.5, 0.6) is 11.5 Å². The van der Waals surface area contributed by atoms with Crippen LogP contribution in [-0.2, 0) is 9.59 Å². The predicted molar refractivity (Wildman–Crippen MR) is 99.3 cm³/mol. The van der Waals surface area contributed by atoms with Gasteiger partial charge in [-0.1, -0.05) is 29.8 Å². The number of carbonyl (C=O) groups excluding carboxylic acids is 2. The Morgan fingerprint density at radius 1 is 1.12 bits per heavy atom. The van der Waals surface area contributed by atoms with Gasteiger partial charge in [-0.25, -0.2) is 0 Å². The van der Waals surface area contributed by atoms with Crippen molar-refractivity contribution in [3.63, 3.8) is 0 Å². The maximum absolute atomic E-state index is 12.0. The second kappa shape index (κ2) is 10.3. The first-order chi connectivity index (χ1) is 11.4. The summed E-state index contributed by atoms with van der Waals surface area (Å²) >= 11 is 3.06. The van der Waals surface area contributed by atoms with Crippen LogP contribution in [0.15, 0.2) is 18.2 Å². The van der Waals surface area contributed by atoms with Crippen molar-refractivity contribution in [1.29, 1.82) is 0 Å². The molecule has 0 bridgehead atoms. The summed E-state index contributed by atoms with van der Waals surface area (Å²) < 4.78 is 11.6. The fourth-order valence-corrected chi connectivity index (χ4v) is 2.02. The molecule has 0 saturated heterocycles. The third kappa shape index (κ3) is 6.91. The van der Waals surface area contributed by atoms with E-state index in [4.69, 9.17) is 9.47 Å². The molecule has 24 heavy (non-hydrogen) atoms. The monoisotopic (exact) mass is 399 g/mol. The van der Waals surface area contributed by atoms with Gasteiger partial charge in [0.05, 0.1) is 29.6 Å².